The van der Waals surface area contributed by atoms with Crippen molar-refractivity contribution in [3.8, 4) is 0 Å². The fourth-order valence-electron chi connectivity index (χ4n) is 0.371. The summed E-state index contributed by atoms with van der Waals surface area (Å²) in [5.41, 5.74) is -0.769. The van der Waals surface area contributed by atoms with Crippen LogP contribution in [0.4, 0.5) is 0 Å². The van der Waals surface area contributed by atoms with Gasteiger partial charge < -0.3 is 9.47 Å². The van der Waals surface area contributed by atoms with Crippen molar-refractivity contribution >= 4 is 17.9 Å². The Kier molecular flexibility index (Phi) is 3.62. The van der Waals surface area contributed by atoms with Gasteiger partial charge in [0, 0.05) is 0 Å². The Hall–Kier alpha value is -1.61. The van der Waals surface area contributed by atoms with Gasteiger partial charge in [0.1, 0.15) is 5.94 Å². The second-order valence-electron chi connectivity index (χ2n) is 1.46. The van der Waals surface area contributed by atoms with Crippen LogP contribution in [-0.4, -0.2) is 32.1 Å². The Labute approximate surface area is 62.6 Å². The molecule has 0 amide bonds. The van der Waals surface area contributed by atoms with Crippen molar-refractivity contribution in [1.29, 1.82) is 0 Å². The molecule has 60 valence electrons. The molecule has 0 saturated heterocycles. The lowest BCUT2D eigenvalue weighted by Crippen LogP contribution is -2.16. The maximum Gasteiger partial charge on any atom is 0.356 e. The lowest BCUT2D eigenvalue weighted by molar-refractivity contribution is -0.143. The molecular formula is C6H6O5. The Morgan fingerprint density at radius 3 is 1.64 bits per heavy atom. The number of esters is 2. The predicted octanol–water partition coefficient (Wildman–Crippen LogP) is -0.910. The van der Waals surface area contributed by atoms with E-state index < -0.39 is 17.5 Å². The van der Waals surface area contributed by atoms with E-state index in [1.54, 1.807) is 0 Å². The van der Waals surface area contributed by atoms with E-state index in [9.17, 15) is 14.4 Å². The summed E-state index contributed by atoms with van der Waals surface area (Å²) in [6, 6.07) is 0. The van der Waals surface area contributed by atoms with E-state index in [4.69, 9.17) is 0 Å². The van der Waals surface area contributed by atoms with Gasteiger partial charge in [-0.3, -0.25) is 0 Å². The Bertz CT molecular complexity index is 205. The van der Waals surface area contributed by atoms with Crippen LogP contribution in [0.3, 0.4) is 0 Å². The van der Waals surface area contributed by atoms with Gasteiger partial charge in [-0.05, 0) is 0 Å². The summed E-state index contributed by atoms with van der Waals surface area (Å²) in [4.78, 5) is 31.0. The van der Waals surface area contributed by atoms with Gasteiger partial charge in [0.2, 0.25) is 5.57 Å². The van der Waals surface area contributed by atoms with Crippen molar-refractivity contribution in [2.45, 2.75) is 0 Å². The van der Waals surface area contributed by atoms with Crippen LogP contribution in [0.1, 0.15) is 0 Å². The first-order valence-electron chi connectivity index (χ1n) is 2.59. The number of hydrogen-bond acceptors (Lipinski definition) is 5. The first-order chi connectivity index (χ1) is 5.17. The summed E-state index contributed by atoms with van der Waals surface area (Å²) in [5.74, 6) is -0.977. The SMILES string of the molecule is COC(=O)C(=C=O)C(=O)OC. The topological polar surface area (TPSA) is 69.7 Å². The van der Waals surface area contributed by atoms with Crippen LogP contribution in [0.2, 0.25) is 0 Å². The molecule has 0 radical (unpaired) electrons. The van der Waals surface area contributed by atoms with Crippen LogP contribution >= 0.6 is 0 Å². The van der Waals surface area contributed by atoms with Gasteiger partial charge in [-0.2, -0.15) is 0 Å². The van der Waals surface area contributed by atoms with Crippen molar-refractivity contribution in [2.75, 3.05) is 14.2 Å². The maximum atomic E-state index is 10.5. The molecule has 0 aromatic rings. The largest absolute Gasteiger partial charge is 0.465 e. The van der Waals surface area contributed by atoms with Crippen molar-refractivity contribution < 1.29 is 23.9 Å². The molecule has 0 heterocycles. The normalized spacial score (nSPS) is 7.82. The van der Waals surface area contributed by atoms with Crippen LogP contribution in [0.5, 0.6) is 0 Å². The molecule has 0 saturated carbocycles. The van der Waals surface area contributed by atoms with Gasteiger partial charge in [-0.15, -0.1) is 0 Å². The summed E-state index contributed by atoms with van der Waals surface area (Å²) >= 11 is 0. The van der Waals surface area contributed by atoms with Crippen LogP contribution < -0.4 is 0 Å². The third-order valence-corrected chi connectivity index (χ3v) is 0.881. The second kappa shape index (κ2) is 4.24. The van der Waals surface area contributed by atoms with Gasteiger partial charge in [-0.1, -0.05) is 0 Å². The van der Waals surface area contributed by atoms with Crippen molar-refractivity contribution in [1.82, 2.24) is 0 Å². The molecule has 0 rings (SSSR count). The van der Waals surface area contributed by atoms with Gasteiger partial charge in [-0.25, -0.2) is 14.4 Å². The fraction of sp³-hybridized carbons (Fsp3) is 0.333. The van der Waals surface area contributed by atoms with Crippen molar-refractivity contribution in [3.05, 3.63) is 5.57 Å². The van der Waals surface area contributed by atoms with Crippen molar-refractivity contribution in [2.24, 2.45) is 0 Å². The molecule has 11 heavy (non-hydrogen) atoms. The average Bonchev–Trinajstić information content (AvgIpc) is 2.05. The Morgan fingerprint density at radius 1 is 1.09 bits per heavy atom. The van der Waals surface area contributed by atoms with E-state index >= 15 is 0 Å². The molecule has 0 fully saturated rings. The summed E-state index contributed by atoms with van der Waals surface area (Å²) in [7, 11) is 2.09. The lowest BCUT2D eigenvalue weighted by atomic mass is 10.3. The minimum atomic E-state index is -1.05. The summed E-state index contributed by atoms with van der Waals surface area (Å²) < 4.78 is 8.17. The zero-order valence-electron chi connectivity index (χ0n) is 6.04. The van der Waals surface area contributed by atoms with E-state index in [0.29, 0.717) is 0 Å². The molecule has 0 aromatic heterocycles. The predicted molar refractivity (Wildman–Crippen MR) is 33.2 cm³/mol. The monoisotopic (exact) mass is 158 g/mol. The lowest BCUT2D eigenvalue weighted by Gasteiger charge is -1.96. The highest BCUT2D eigenvalue weighted by atomic mass is 16.5. The number of carbonyl (C=O) groups is 2. The molecule has 5 nitrogen and oxygen atoms in total. The van der Waals surface area contributed by atoms with Crippen molar-refractivity contribution in [3.63, 3.8) is 0 Å². The highest BCUT2D eigenvalue weighted by Gasteiger charge is 2.20. The summed E-state index contributed by atoms with van der Waals surface area (Å²) in [6.07, 6.45) is 0. The second-order valence-corrected chi connectivity index (χ2v) is 1.46. The van der Waals surface area contributed by atoms with Crippen LogP contribution in [-0.2, 0) is 23.9 Å². The molecular weight excluding hydrogens is 152 g/mol. The fourth-order valence-corrected chi connectivity index (χ4v) is 0.371. The smallest absolute Gasteiger partial charge is 0.356 e. The standard InChI is InChI=1S/C6H6O5/c1-10-5(8)4(3-7)6(9)11-2/h1-2H3. The van der Waals surface area contributed by atoms with Gasteiger partial charge in [0.15, 0.2) is 0 Å². The number of methoxy groups -OCH3 is 2. The Morgan fingerprint density at radius 2 is 1.45 bits per heavy atom. The van der Waals surface area contributed by atoms with Gasteiger partial charge in [0.25, 0.3) is 0 Å². The van der Waals surface area contributed by atoms with E-state index in [1.165, 1.54) is 0 Å². The highest BCUT2D eigenvalue weighted by Crippen LogP contribution is 1.94. The third kappa shape index (κ3) is 2.23. The van der Waals surface area contributed by atoms with Crippen LogP contribution in [0.15, 0.2) is 5.57 Å². The van der Waals surface area contributed by atoms with E-state index in [0.717, 1.165) is 20.2 Å². The summed E-state index contributed by atoms with van der Waals surface area (Å²) in [6.45, 7) is 0. The molecule has 0 aromatic carbocycles. The molecule has 0 atom stereocenters. The number of carbonyl (C=O) groups excluding carboxylic acids is 3. The molecule has 5 heteroatoms. The Balaban J connectivity index is 4.57. The van der Waals surface area contributed by atoms with Crippen LogP contribution in [0.25, 0.3) is 0 Å². The van der Waals surface area contributed by atoms with Gasteiger partial charge >= 0.3 is 11.9 Å². The minimum Gasteiger partial charge on any atom is -0.465 e. The van der Waals surface area contributed by atoms with E-state index in [2.05, 4.69) is 9.47 Å². The summed E-state index contributed by atoms with van der Waals surface area (Å²) in [5, 5.41) is 0. The maximum absolute atomic E-state index is 10.5. The molecule has 0 spiro atoms. The molecule has 0 aliphatic rings. The molecule has 0 bridgehead atoms. The molecule has 0 aliphatic carbocycles. The molecule has 0 aliphatic heterocycles. The quantitative estimate of drug-likeness (QED) is 0.171. The molecule has 0 N–H and O–H groups in total. The minimum absolute atomic E-state index is 0.769. The van der Waals surface area contributed by atoms with Gasteiger partial charge in [0.05, 0.1) is 14.2 Å². The first-order valence-corrected chi connectivity index (χ1v) is 2.59. The first kappa shape index (κ1) is 9.39. The highest BCUT2D eigenvalue weighted by molar-refractivity contribution is 6.20. The third-order valence-electron chi connectivity index (χ3n) is 0.881. The zero-order valence-corrected chi connectivity index (χ0v) is 6.04. The average molecular weight is 158 g/mol. The zero-order chi connectivity index (χ0) is 8.85. The number of ether oxygens (including phenoxy) is 2. The molecule has 0 unspecified atom stereocenters. The van der Waals surface area contributed by atoms with E-state index in [-0.39, 0.29) is 0 Å². The number of hydrogen-bond donors (Lipinski definition) is 0. The van der Waals surface area contributed by atoms with Crippen LogP contribution in [0, 0.1) is 0 Å². The number of rotatable bonds is 2. The van der Waals surface area contributed by atoms with E-state index in [1.807, 2.05) is 0 Å².